The van der Waals surface area contributed by atoms with E-state index in [1.54, 1.807) is 37.7 Å². The number of pyridine rings is 1. The zero-order chi connectivity index (χ0) is 30.3. The number of aryl methyl sites for hydroxylation is 1. The fourth-order valence-corrected chi connectivity index (χ4v) is 7.40. The topological polar surface area (TPSA) is 130 Å². The van der Waals surface area contributed by atoms with E-state index in [0.717, 1.165) is 71.2 Å². The van der Waals surface area contributed by atoms with Gasteiger partial charge in [0.2, 0.25) is 5.88 Å². The fraction of sp³-hybridized carbons (Fsp3) is 0.441. The van der Waals surface area contributed by atoms with E-state index in [2.05, 4.69) is 30.2 Å². The summed E-state index contributed by atoms with van der Waals surface area (Å²) in [7, 11) is 1.60. The van der Waals surface area contributed by atoms with E-state index >= 15 is 0 Å². The van der Waals surface area contributed by atoms with Crippen LogP contribution in [0.3, 0.4) is 0 Å². The van der Waals surface area contributed by atoms with Crippen molar-refractivity contribution >= 4 is 22.7 Å². The van der Waals surface area contributed by atoms with E-state index in [9.17, 15) is 10.2 Å². The Morgan fingerprint density at radius 3 is 2.70 bits per heavy atom. The predicted molar refractivity (Wildman–Crippen MR) is 170 cm³/mol. The number of anilines is 1. The number of rotatable bonds is 8. The highest BCUT2D eigenvalue weighted by atomic mass is 16.5. The summed E-state index contributed by atoms with van der Waals surface area (Å²) in [5, 5.41) is 30.0. The van der Waals surface area contributed by atoms with E-state index in [4.69, 9.17) is 20.6 Å². The largest absolute Gasteiger partial charge is 0.508 e. The standard InChI is InChI=1S/C34H42N6O3/c1-5-22-13-26(41)8-9-28(22)38-33(35)27-18-37-40-19-25(23-7-10-30(43-4)36-17-23)14-29(40)32(27)39-31-20(3)11-21-12-24(31)16-34(42,6-2)15-21/h7-10,13-14,17-21,24,31,39,41-42H,5-6,11-12,15-16H2,1-4H3,(H2,35,38). The van der Waals surface area contributed by atoms with Gasteiger partial charge in [0, 0.05) is 35.6 Å². The molecule has 0 spiro atoms. The summed E-state index contributed by atoms with van der Waals surface area (Å²) < 4.78 is 7.12. The first-order valence-corrected chi connectivity index (χ1v) is 15.4. The molecule has 0 amide bonds. The Hall–Kier alpha value is -4.11. The minimum absolute atomic E-state index is 0.160. The molecule has 1 aromatic carbocycles. The lowest BCUT2D eigenvalue weighted by Crippen LogP contribution is -2.51. The Labute approximate surface area is 252 Å². The van der Waals surface area contributed by atoms with Crippen molar-refractivity contribution in [1.82, 2.24) is 14.6 Å². The van der Waals surface area contributed by atoms with Gasteiger partial charge in [0.25, 0.3) is 0 Å². The van der Waals surface area contributed by atoms with Crippen LogP contribution in [-0.2, 0) is 6.42 Å². The SMILES string of the molecule is CCc1cc(O)ccc1N=C(N)c1cnn2cc(-c3ccc(OC)nc3)cc2c1NC1C(C)CC2CC1CC(O)(CC)C2. The van der Waals surface area contributed by atoms with Gasteiger partial charge in [0.05, 0.1) is 41.4 Å². The van der Waals surface area contributed by atoms with Crippen LogP contribution in [0.4, 0.5) is 11.4 Å². The number of nitrogens with two attached hydrogens (primary N) is 1. The molecule has 2 aliphatic carbocycles. The number of hydrogen-bond acceptors (Lipinski definition) is 7. The number of phenolic OH excluding ortho intramolecular Hbond substituents is 1. The Bertz CT molecular complexity index is 1650. The molecule has 6 rings (SSSR count). The lowest BCUT2D eigenvalue weighted by Gasteiger charge is -2.50. The van der Waals surface area contributed by atoms with Gasteiger partial charge in [-0.3, -0.25) is 0 Å². The van der Waals surface area contributed by atoms with Gasteiger partial charge in [-0.25, -0.2) is 14.5 Å². The molecule has 2 fully saturated rings. The van der Waals surface area contributed by atoms with Crippen LogP contribution < -0.4 is 15.8 Å². The summed E-state index contributed by atoms with van der Waals surface area (Å²) in [6.45, 7) is 6.44. The number of hydrogen-bond donors (Lipinski definition) is 4. The summed E-state index contributed by atoms with van der Waals surface area (Å²) in [4.78, 5) is 9.23. The van der Waals surface area contributed by atoms with E-state index < -0.39 is 5.60 Å². The second-order valence-corrected chi connectivity index (χ2v) is 12.5. The molecule has 3 aromatic heterocycles. The number of ether oxygens (including phenoxy) is 1. The third-order valence-corrected chi connectivity index (χ3v) is 9.62. The lowest BCUT2D eigenvalue weighted by atomic mass is 9.60. The van der Waals surface area contributed by atoms with Crippen LogP contribution in [0.5, 0.6) is 11.6 Å². The maximum Gasteiger partial charge on any atom is 0.212 e. The van der Waals surface area contributed by atoms with Gasteiger partial charge in [0.1, 0.15) is 11.6 Å². The monoisotopic (exact) mass is 582 g/mol. The summed E-state index contributed by atoms with van der Waals surface area (Å²) in [6.07, 6.45) is 10.9. The first-order valence-electron chi connectivity index (χ1n) is 15.4. The van der Waals surface area contributed by atoms with Crippen LogP contribution in [0.2, 0.25) is 0 Å². The zero-order valence-corrected chi connectivity index (χ0v) is 25.4. The molecule has 3 heterocycles. The first kappa shape index (κ1) is 29.0. The Morgan fingerprint density at radius 2 is 1.98 bits per heavy atom. The van der Waals surface area contributed by atoms with Crippen LogP contribution in [-0.4, -0.2) is 49.4 Å². The van der Waals surface area contributed by atoms with Gasteiger partial charge in [0.15, 0.2) is 0 Å². The molecule has 5 unspecified atom stereocenters. The van der Waals surface area contributed by atoms with E-state index in [1.165, 1.54) is 0 Å². The third kappa shape index (κ3) is 5.66. The Kier molecular flexibility index (Phi) is 7.77. The number of amidine groups is 1. The zero-order valence-electron chi connectivity index (χ0n) is 25.4. The average molecular weight is 583 g/mol. The highest BCUT2D eigenvalue weighted by Crippen LogP contribution is 2.49. The van der Waals surface area contributed by atoms with Crippen molar-refractivity contribution in [2.45, 2.75) is 70.9 Å². The molecule has 226 valence electrons. The smallest absolute Gasteiger partial charge is 0.212 e. The number of phenols is 1. The van der Waals surface area contributed by atoms with Gasteiger partial charge in [-0.2, -0.15) is 5.10 Å². The van der Waals surface area contributed by atoms with Crippen LogP contribution in [0, 0.1) is 17.8 Å². The lowest BCUT2D eigenvalue weighted by molar-refractivity contribution is -0.0655. The van der Waals surface area contributed by atoms with E-state index in [-0.39, 0.29) is 11.8 Å². The van der Waals surface area contributed by atoms with Gasteiger partial charge in [-0.05, 0) is 92.2 Å². The number of aliphatic hydroxyl groups is 1. The van der Waals surface area contributed by atoms with Crippen LogP contribution in [0.25, 0.3) is 16.6 Å². The Balaban J connectivity index is 1.46. The van der Waals surface area contributed by atoms with Gasteiger partial charge < -0.3 is 26.0 Å². The number of aromatic nitrogens is 3. The number of aromatic hydroxyl groups is 1. The molecule has 0 saturated heterocycles. The molecule has 0 radical (unpaired) electrons. The van der Waals surface area contributed by atoms with E-state index in [0.29, 0.717) is 35.9 Å². The van der Waals surface area contributed by atoms with Crippen LogP contribution >= 0.6 is 0 Å². The average Bonchev–Trinajstić information content (AvgIpc) is 3.44. The van der Waals surface area contributed by atoms with E-state index in [1.807, 2.05) is 29.8 Å². The summed E-state index contributed by atoms with van der Waals surface area (Å²) in [5.74, 6) is 2.43. The number of benzene rings is 1. The summed E-state index contributed by atoms with van der Waals surface area (Å²) in [5.41, 5.74) is 12.2. The molecular formula is C34H42N6O3. The highest BCUT2D eigenvalue weighted by Gasteiger charge is 2.46. The molecule has 9 nitrogen and oxygen atoms in total. The van der Waals surface area contributed by atoms with Crippen molar-refractivity contribution in [2.75, 3.05) is 12.4 Å². The molecule has 2 bridgehead atoms. The number of nitrogens with zero attached hydrogens (tertiary/aromatic N) is 4. The van der Waals surface area contributed by atoms with Gasteiger partial charge >= 0.3 is 0 Å². The Morgan fingerprint density at radius 1 is 1.14 bits per heavy atom. The van der Waals surface area contributed by atoms with Crippen LogP contribution in [0.15, 0.2) is 60.0 Å². The molecule has 43 heavy (non-hydrogen) atoms. The molecule has 0 aliphatic heterocycles. The van der Waals surface area contributed by atoms with Crippen molar-refractivity contribution in [3.63, 3.8) is 0 Å². The number of aliphatic imine (C=N–C) groups is 1. The van der Waals surface area contributed by atoms with Crippen molar-refractivity contribution in [1.29, 1.82) is 0 Å². The van der Waals surface area contributed by atoms with Gasteiger partial charge in [-0.15, -0.1) is 0 Å². The van der Waals surface area contributed by atoms with Crippen LogP contribution in [0.1, 0.15) is 64.0 Å². The minimum atomic E-state index is -0.608. The molecule has 4 aromatic rings. The van der Waals surface area contributed by atoms with Crippen molar-refractivity contribution in [2.24, 2.45) is 28.5 Å². The summed E-state index contributed by atoms with van der Waals surface area (Å²) in [6, 6.07) is 11.3. The maximum atomic E-state index is 11.4. The normalized spacial score (nSPS) is 25.6. The number of nitrogens with one attached hydrogen (secondary N) is 1. The molecule has 9 heteroatoms. The predicted octanol–water partition coefficient (Wildman–Crippen LogP) is 6.09. The van der Waals surface area contributed by atoms with Crippen molar-refractivity contribution in [3.05, 3.63) is 66.1 Å². The minimum Gasteiger partial charge on any atom is -0.508 e. The van der Waals surface area contributed by atoms with Crippen molar-refractivity contribution < 1.29 is 14.9 Å². The molecule has 5 atom stereocenters. The molecule has 2 aliphatic rings. The van der Waals surface area contributed by atoms with Crippen molar-refractivity contribution in [3.8, 4) is 22.8 Å². The number of methoxy groups -OCH3 is 1. The summed E-state index contributed by atoms with van der Waals surface area (Å²) >= 11 is 0. The first-order chi connectivity index (χ1) is 20.7. The number of fused-ring (bicyclic) bond motifs is 3. The molecule has 2 saturated carbocycles. The molecular weight excluding hydrogens is 540 g/mol. The molecule has 5 N–H and O–H groups in total. The van der Waals surface area contributed by atoms with Gasteiger partial charge in [-0.1, -0.05) is 20.8 Å². The maximum absolute atomic E-state index is 11.4. The fourth-order valence-electron chi connectivity index (χ4n) is 7.40. The highest BCUT2D eigenvalue weighted by molar-refractivity contribution is 6.06. The second kappa shape index (κ2) is 11.5. The quantitative estimate of drug-likeness (QED) is 0.146. The third-order valence-electron chi connectivity index (χ3n) is 9.62. The second-order valence-electron chi connectivity index (χ2n) is 12.5.